The minimum absolute atomic E-state index is 0.324. The fraction of sp³-hybridized carbons (Fsp3) is 0.111. The van der Waals surface area contributed by atoms with E-state index < -0.39 is 17.9 Å². The summed E-state index contributed by atoms with van der Waals surface area (Å²) in [6, 6.07) is 16.8. The molecule has 0 aliphatic carbocycles. The van der Waals surface area contributed by atoms with Crippen molar-refractivity contribution >= 4 is 17.9 Å². The summed E-state index contributed by atoms with van der Waals surface area (Å²) < 4.78 is 14.4. The molecular formula is C27H21N3O6. The topological polar surface area (TPSA) is 118 Å². The SMILES string of the molecule is COC(=O)c1ccc(-c2cc(-c3cc(C(=O)OC)ccn3)nc(-c3cc(C(=O)OC)ccn3)c2)cc1. The lowest BCUT2D eigenvalue weighted by Gasteiger charge is -2.11. The highest BCUT2D eigenvalue weighted by Gasteiger charge is 2.15. The normalized spacial score (nSPS) is 10.4. The van der Waals surface area contributed by atoms with Gasteiger partial charge in [-0.25, -0.2) is 19.4 Å². The molecular weight excluding hydrogens is 462 g/mol. The Bertz CT molecular complexity index is 1370. The molecule has 0 bridgehead atoms. The molecule has 4 aromatic rings. The number of benzene rings is 1. The molecule has 3 aromatic heterocycles. The second-order valence-corrected chi connectivity index (χ2v) is 7.54. The van der Waals surface area contributed by atoms with Crippen molar-refractivity contribution in [3.63, 3.8) is 0 Å². The summed E-state index contributed by atoms with van der Waals surface area (Å²) in [4.78, 5) is 49.4. The Kier molecular flexibility index (Phi) is 7.10. The van der Waals surface area contributed by atoms with Crippen molar-refractivity contribution in [3.05, 3.63) is 89.7 Å². The van der Waals surface area contributed by atoms with E-state index in [1.165, 1.54) is 33.7 Å². The van der Waals surface area contributed by atoms with Gasteiger partial charge in [0.25, 0.3) is 0 Å². The molecule has 0 saturated heterocycles. The number of methoxy groups -OCH3 is 3. The fourth-order valence-corrected chi connectivity index (χ4v) is 3.51. The van der Waals surface area contributed by atoms with Crippen LogP contribution in [0.3, 0.4) is 0 Å². The zero-order valence-corrected chi connectivity index (χ0v) is 19.7. The van der Waals surface area contributed by atoms with Crippen LogP contribution in [0.5, 0.6) is 0 Å². The lowest BCUT2D eigenvalue weighted by molar-refractivity contribution is 0.0592. The summed E-state index contributed by atoms with van der Waals surface area (Å²) >= 11 is 0. The Hall–Kier alpha value is -4.92. The first-order valence-corrected chi connectivity index (χ1v) is 10.7. The number of hydrogen-bond donors (Lipinski definition) is 0. The lowest BCUT2D eigenvalue weighted by atomic mass is 10.0. The van der Waals surface area contributed by atoms with Gasteiger partial charge in [0, 0.05) is 12.4 Å². The number of carbonyl (C=O) groups excluding carboxylic acids is 3. The standard InChI is InChI=1S/C27H21N3O6/c1-34-25(31)17-6-4-16(5-7-17)20-14-23(21-12-18(8-10-28-21)26(32)35-2)30-24(15-20)22-13-19(9-11-29-22)27(33)36-3/h4-15H,1-3H3. The van der Waals surface area contributed by atoms with Gasteiger partial charge in [-0.05, 0) is 59.7 Å². The quantitative estimate of drug-likeness (QED) is 0.293. The van der Waals surface area contributed by atoms with E-state index in [1.54, 1.807) is 48.5 Å². The van der Waals surface area contributed by atoms with Gasteiger partial charge in [-0.2, -0.15) is 0 Å². The Morgan fingerprint density at radius 1 is 0.528 bits per heavy atom. The van der Waals surface area contributed by atoms with Crippen molar-refractivity contribution in [1.82, 2.24) is 15.0 Å². The minimum Gasteiger partial charge on any atom is -0.465 e. The van der Waals surface area contributed by atoms with Gasteiger partial charge in [0.2, 0.25) is 0 Å². The van der Waals surface area contributed by atoms with Gasteiger partial charge in [0.05, 0.1) is 60.8 Å². The molecule has 0 radical (unpaired) electrons. The molecule has 9 nitrogen and oxygen atoms in total. The van der Waals surface area contributed by atoms with E-state index in [9.17, 15) is 14.4 Å². The molecule has 0 aliphatic heterocycles. The van der Waals surface area contributed by atoms with E-state index in [2.05, 4.69) is 9.97 Å². The first kappa shape index (κ1) is 24.2. The second-order valence-electron chi connectivity index (χ2n) is 7.54. The highest BCUT2D eigenvalue weighted by molar-refractivity contribution is 5.92. The average Bonchev–Trinajstić information content (AvgIpc) is 2.95. The number of rotatable bonds is 6. The molecule has 0 spiro atoms. The average molecular weight is 483 g/mol. The first-order chi connectivity index (χ1) is 17.4. The Morgan fingerprint density at radius 2 is 0.972 bits per heavy atom. The summed E-state index contributed by atoms with van der Waals surface area (Å²) in [7, 11) is 3.93. The van der Waals surface area contributed by atoms with Crippen molar-refractivity contribution in [2.75, 3.05) is 21.3 Å². The molecule has 4 rings (SSSR count). The molecule has 0 fully saturated rings. The molecule has 0 N–H and O–H groups in total. The van der Waals surface area contributed by atoms with E-state index >= 15 is 0 Å². The third kappa shape index (κ3) is 5.10. The molecule has 0 atom stereocenters. The largest absolute Gasteiger partial charge is 0.465 e. The summed E-state index contributed by atoms with van der Waals surface area (Å²) in [6.07, 6.45) is 2.99. The number of aromatic nitrogens is 3. The van der Waals surface area contributed by atoms with Crippen LogP contribution in [0.25, 0.3) is 33.9 Å². The Labute approximate surface area is 206 Å². The van der Waals surface area contributed by atoms with Crippen LogP contribution in [0, 0.1) is 0 Å². The van der Waals surface area contributed by atoms with Crippen molar-refractivity contribution in [1.29, 1.82) is 0 Å². The molecule has 9 heteroatoms. The van der Waals surface area contributed by atoms with Gasteiger partial charge in [0.15, 0.2) is 0 Å². The number of pyridine rings is 3. The molecule has 3 heterocycles. The summed E-state index contributed by atoms with van der Waals surface area (Å²) in [5.74, 6) is -1.44. The number of nitrogens with zero attached hydrogens (tertiary/aromatic N) is 3. The number of carbonyl (C=O) groups is 3. The van der Waals surface area contributed by atoms with Crippen LogP contribution in [0.4, 0.5) is 0 Å². The zero-order valence-electron chi connectivity index (χ0n) is 19.7. The Balaban J connectivity index is 1.87. The van der Waals surface area contributed by atoms with Gasteiger partial charge in [0.1, 0.15) is 0 Å². The molecule has 0 unspecified atom stereocenters. The molecule has 0 aliphatic rings. The predicted molar refractivity (Wildman–Crippen MR) is 130 cm³/mol. The van der Waals surface area contributed by atoms with Crippen LogP contribution in [-0.4, -0.2) is 54.2 Å². The summed E-state index contributed by atoms with van der Waals surface area (Å²) in [5.41, 5.74) is 4.42. The van der Waals surface area contributed by atoms with E-state index in [0.29, 0.717) is 39.5 Å². The third-order valence-corrected chi connectivity index (χ3v) is 5.35. The van der Waals surface area contributed by atoms with E-state index in [4.69, 9.17) is 19.2 Å². The van der Waals surface area contributed by atoms with Gasteiger partial charge in [-0.1, -0.05) is 12.1 Å². The highest BCUT2D eigenvalue weighted by Crippen LogP contribution is 2.30. The van der Waals surface area contributed by atoms with Crippen LogP contribution < -0.4 is 0 Å². The number of ether oxygens (including phenoxy) is 3. The highest BCUT2D eigenvalue weighted by atomic mass is 16.5. The molecule has 36 heavy (non-hydrogen) atoms. The Morgan fingerprint density at radius 3 is 1.42 bits per heavy atom. The second kappa shape index (κ2) is 10.6. The van der Waals surface area contributed by atoms with Crippen molar-refractivity contribution in [3.8, 4) is 33.9 Å². The van der Waals surface area contributed by atoms with Crippen molar-refractivity contribution in [2.24, 2.45) is 0 Å². The number of esters is 3. The van der Waals surface area contributed by atoms with Crippen molar-refractivity contribution in [2.45, 2.75) is 0 Å². The molecule has 0 saturated carbocycles. The predicted octanol–water partition coefficient (Wildman–Crippen LogP) is 4.23. The molecule has 1 aromatic carbocycles. The van der Waals surface area contributed by atoms with Gasteiger partial charge >= 0.3 is 17.9 Å². The smallest absolute Gasteiger partial charge is 0.337 e. The summed E-state index contributed by atoms with van der Waals surface area (Å²) in [6.45, 7) is 0. The van der Waals surface area contributed by atoms with Crippen LogP contribution in [-0.2, 0) is 14.2 Å². The maximum atomic E-state index is 12.1. The van der Waals surface area contributed by atoms with Gasteiger partial charge < -0.3 is 14.2 Å². The molecule has 180 valence electrons. The maximum absolute atomic E-state index is 12.1. The fourth-order valence-electron chi connectivity index (χ4n) is 3.51. The third-order valence-electron chi connectivity index (χ3n) is 5.35. The number of hydrogen-bond acceptors (Lipinski definition) is 9. The van der Waals surface area contributed by atoms with E-state index in [1.807, 2.05) is 12.1 Å². The van der Waals surface area contributed by atoms with Crippen LogP contribution in [0.15, 0.2) is 73.1 Å². The van der Waals surface area contributed by atoms with E-state index in [-0.39, 0.29) is 0 Å². The van der Waals surface area contributed by atoms with Gasteiger partial charge in [-0.3, -0.25) is 9.97 Å². The van der Waals surface area contributed by atoms with Crippen LogP contribution >= 0.6 is 0 Å². The lowest BCUT2D eigenvalue weighted by Crippen LogP contribution is -2.03. The first-order valence-electron chi connectivity index (χ1n) is 10.7. The summed E-state index contributed by atoms with van der Waals surface area (Å²) in [5, 5.41) is 0. The van der Waals surface area contributed by atoms with Crippen molar-refractivity contribution < 1.29 is 28.6 Å². The zero-order chi connectivity index (χ0) is 25.7. The van der Waals surface area contributed by atoms with Gasteiger partial charge in [-0.15, -0.1) is 0 Å². The monoisotopic (exact) mass is 483 g/mol. The maximum Gasteiger partial charge on any atom is 0.337 e. The minimum atomic E-state index is -0.499. The molecule has 0 amide bonds. The van der Waals surface area contributed by atoms with Crippen LogP contribution in [0.2, 0.25) is 0 Å². The van der Waals surface area contributed by atoms with E-state index in [0.717, 1.165) is 11.1 Å². The van der Waals surface area contributed by atoms with Crippen LogP contribution in [0.1, 0.15) is 31.1 Å².